The zero-order valence-corrected chi connectivity index (χ0v) is 23.2. The molecule has 1 amide bonds. The van der Waals surface area contributed by atoms with E-state index in [-0.39, 0.29) is 41.8 Å². The summed E-state index contributed by atoms with van der Waals surface area (Å²) < 4.78 is 54.8. The molecule has 0 radical (unpaired) electrons. The number of methoxy groups -OCH3 is 1. The van der Waals surface area contributed by atoms with Crippen LogP contribution < -0.4 is 9.47 Å². The van der Waals surface area contributed by atoms with Crippen molar-refractivity contribution in [3.63, 3.8) is 0 Å². The van der Waals surface area contributed by atoms with Crippen LogP contribution in [0.2, 0.25) is 0 Å². The van der Waals surface area contributed by atoms with Crippen molar-refractivity contribution in [1.29, 1.82) is 0 Å². The van der Waals surface area contributed by atoms with Gasteiger partial charge < -0.3 is 19.5 Å². The first-order chi connectivity index (χ1) is 18.6. The van der Waals surface area contributed by atoms with Gasteiger partial charge in [0.05, 0.1) is 25.8 Å². The minimum absolute atomic E-state index is 0.0329. The van der Waals surface area contributed by atoms with E-state index in [9.17, 15) is 22.7 Å². The van der Waals surface area contributed by atoms with Crippen LogP contribution in [0.25, 0.3) is 11.1 Å². The summed E-state index contributed by atoms with van der Waals surface area (Å²) in [6.07, 6.45) is -0.631. The van der Waals surface area contributed by atoms with Crippen LogP contribution in [0.3, 0.4) is 0 Å². The van der Waals surface area contributed by atoms with Crippen molar-refractivity contribution in [2.45, 2.75) is 30.9 Å². The highest BCUT2D eigenvalue weighted by Gasteiger charge is 2.38. The van der Waals surface area contributed by atoms with Crippen LogP contribution >= 0.6 is 0 Å². The van der Waals surface area contributed by atoms with Crippen LogP contribution in [-0.4, -0.2) is 74.6 Å². The molecule has 1 aliphatic rings. The summed E-state index contributed by atoms with van der Waals surface area (Å²) in [7, 11) is -0.898. The molecule has 10 heteroatoms. The van der Waals surface area contributed by atoms with Crippen molar-refractivity contribution in [2.24, 2.45) is 5.92 Å². The average Bonchev–Trinajstić information content (AvgIpc) is 2.94. The SMILES string of the molecule is COc1cccc(-c2ccc3c(c2)O[C@@H](CN(C)C(=O)c2ccccc2F)[C@@H](C)CN([C@@H](C)CO)S3(=O)=O)c1. The van der Waals surface area contributed by atoms with Gasteiger partial charge in [-0.15, -0.1) is 0 Å². The summed E-state index contributed by atoms with van der Waals surface area (Å²) in [5, 5.41) is 9.86. The summed E-state index contributed by atoms with van der Waals surface area (Å²) in [6.45, 7) is 3.25. The minimum Gasteiger partial charge on any atom is -0.497 e. The summed E-state index contributed by atoms with van der Waals surface area (Å²) in [5.41, 5.74) is 1.46. The maximum atomic E-state index is 14.3. The van der Waals surface area contributed by atoms with E-state index in [1.165, 1.54) is 33.5 Å². The van der Waals surface area contributed by atoms with Crippen LogP contribution in [0, 0.1) is 11.7 Å². The molecular formula is C29H33FN2O6S. The molecule has 39 heavy (non-hydrogen) atoms. The number of sulfonamides is 1. The Balaban J connectivity index is 1.76. The van der Waals surface area contributed by atoms with Crippen LogP contribution in [-0.2, 0) is 10.0 Å². The van der Waals surface area contributed by atoms with E-state index in [0.29, 0.717) is 11.3 Å². The molecule has 4 rings (SSSR count). The van der Waals surface area contributed by atoms with Crippen molar-refractivity contribution in [2.75, 3.05) is 33.9 Å². The lowest BCUT2D eigenvalue weighted by Gasteiger charge is -2.37. The smallest absolute Gasteiger partial charge is 0.256 e. The lowest BCUT2D eigenvalue weighted by molar-refractivity contribution is 0.0560. The highest BCUT2D eigenvalue weighted by molar-refractivity contribution is 7.89. The van der Waals surface area contributed by atoms with Gasteiger partial charge in [-0.2, -0.15) is 4.31 Å². The number of likely N-dealkylation sites (N-methyl/N-ethyl adjacent to an activating group) is 1. The summed E-state index contributed by atoms with van der Waals surface area (Å²) in [5.74, 6) is -0.727. The molecule has 0 spiro atoms. The summed E-state index contributed by atoms with van der Waals surface area (Å²) in [6, 6.07) is 17.3. The quantitative estimate of drug-likeness (QED) is 0.472. The molecule has 3 aromatic rings. The third kappa shape index (κ3) is 5.93. The highest BCUT2D eigenvalue weighted by atomic mass is 32.2. The molecule has 208 valence electrons. The zero-order chi connectivity index (χ0) is 28.3. The van der Waals surface area contributed by atoms with Crippen molar-refractivity contribution in [1.82, 2.24) is 9.21 Å². The molecule has 1 N–H and O–H groups in total. The third-order valence-corrected chi connectivity index (χ3v) is 8.99. The van der Waals surface area contributed by atoms with Gasteiger partial charge in [0, 0.05) is 25.6 Å². The number of rotatable bonds is 7. The van der Waals surface area contributed by atoms with E-state index in [2.05, 4.69) is 0 Å². The number of halogens is 1. The zero-order valence-electron chi connectivity index (χ0n) is 22.4. The fourth-order valence-electron chi connectivity index (χ4n) is 4.62. The standard InChI is InChI=1S/C29H33FN2O6S/c1-19-16-32(20(2)18-33)39(35,36)28-13-12-22(21-8-7-9-23(14-21)37-4)15-26(28)38-27(19)17-31(3)29(34)24-10-5-6-11-25(24)30/h5-15,19-20,27,33H,16-18H2,1-4H3/t19-,20-,27-/m0/s1. The summed E-state index contributed by atoms with van der Waals surface area (Å²) in [4.78, 5) is 14.4. The van der Waals surface area contributed by atoms with Gasteiger partial charge >= 0.3 is 0 Å². The molecule has 0 saturated heterocycles. The van der Waals surface area contributed by atoms with Crippen LogP contribution in [0.5, 0.6) is 11.5 Å². The second-order valence-corrected chi connectivity index (χ2v) is 11.7. The number of benzene rings is 3. The number of nitrogens with zero attached hydrogens (tertiary/aromatic N) is 2. The van der Waals surface area contributed by atoms with E-state index in [0.717, 1.165) is 5.56 Å². The second-order valence-electron chi connectivity index (χ2n) is 9.80. The van der Waals surface area contributed by atoms with E-state index >= 15 is 0 Å². The van der Waals surface area contributed by atoms with Crippen molar-refractivity contribution in [3.05, 3.63) is 78.1 Å². The molecule has 1 aliphatic heterocycles. The van der Waals surface area contributed by atoms with E-state index in [4.69, 9.17) is 9.47 Å². The molecule has 0 aliphatic carbocycles. The van der Waals surface area contributed by atoms with Crippen molar-refractivity contribution >= 4 is 15.9 Å². The van der Waals surface area contributed by atoms with Crippen molar-refractivity contribution in [3.8, 4) is 22.6 Å². The predicted molar refractivity (Wildman–Crippen MR) is 146 cm³/mol. The Morgan fingerprint density at radius 2 is 1.87 bits per heavy atom. The molecule has 1 heterocycles. The molecule has 8 nitrogen and oxygen atoms in total. The molecule has 0 unspecified atom stereocenters. The number of aliphatic hydroxyl groups is 1. The normalized spacial score (nSPS) is 19.6. The Hall–Kier alpha value is -3.47. The molecule has 0 fully saturated rings. The molecule has 0 aromatic heterocycles. The van der Waals surface area contributed by atoms with E-state index < -0.39 is 33.9 Å². The van der Waals surface area contributed by atoms with Crippen LogP contribution in [0.15, 0.2) is 71.6 Å². The first-order valence-electron chi connectivity index (χ1n) is 12.6. The Morgan fingerprint density at radius 1 is 1.15 bits per heavy atom. The summed E-state index contributed by atoms with van der Waals surface area (Å²) >= 11 is 0. The predicted octanol–water partition coefficient (Wildman–Crippen LogP) is 4.04. The fraction of sp³-hybridized carbons (Fsp3) is 0.345. The number of fused-ring (bicyclic) bond motifs is 1. The Kier molecular flexibility index (Phi) is 8.58. The van der Waals surface area contributed by atoms with Crippen molar-refractivity contribution < 1.29 is 32.2 Å². The molecular weight excluding hydrogens is 523 g/mol. The Labute approximate surface area is 228 Å². The van der Waals surface area contributed by atoms with Gasteiger partial charge in [0.2, 0.25) is 10.0 Å². The van der Waals surface area contributed by atoms with Crippen LogP contribution in [0.4, 0.5) is 4.39 Å². The number of carbonyl (C=O) groups excluding carboxylic acids is 1. The van der Waals surface area contributed by atoms with E-state index in [1.54, 1.807) is 39.3 Å². The van der Waals surface area contributed by atoms with Gasteiger partial charge in [-0.25, -0.2) is 12.8 Å². The molecule has 3 aromatic carbocycles. The van der Waals surface area contributed by atoms with Gasteiger partial charge in [0.1, 0.15) is 28.3 Å². The van der Waals surface area contributed by atoms with Gasteiger partial charge in [0.15, 0.2) is 0 Å². The number of aliphatic hydroxyl groups excluding tert-OH is 1. The monoisotopic (exact) mass is 556 g/mol. The fourth-order valence-corrected chi connectivity index (χ4v) is 6.44. The van der Waals surface area contributed by atoms with E-state index in [1.807, 2.05) is 31.2 Å². The third-order valence-electron chi connectivity index (χ3n) is 6.97. The highest BCUT2D eigenvalue weighted by Crippen LogP contribution is 2.37. The number of hydrogen-bond donors (Lipinski definition) is 1. The lowest BCUT2D eigenvalue weighted by Crippen LogP contribution is -2.50. The maximum Gasteiger partial charge on any atom is 0.256 e. The van der Waals surface area contributed by atoms with Crippen LogP contribution in [0.1, 0.15) is 24.2 Å². The Morgan fingerprint density at radius 3 is 2.56 bits per heavy atom. The number of amides is 1. The minimum atomic E-state index is -4.02. The van der Waals surface area contributed by atoms with Gasteiger partial charge in [-0.1, -0.05) is 37.3 Å². The molecule has 3 atom stereocenters. The average molecular weight is 557 g/mol. The maximum absolute atomic E-state index is 14.3. The van der Waals surface area contributed by atoms with Gasteiger partial charge in [0.25, 0.3) is 5.91 Å². The number of ether oxygens (including phenoxy) is 2. The first kappa shape index (κ1) is 28.5. The lowest BCUT2D eigenvalue weighted by atomic mass is 10.0. The largest absolute Gasteiger partial charge is 0.497 e. The number of hydrogen-bond acceptors (Lipinski definition) is 6. The number of carbonyl (C=O) groups is 1. The van der Waals surface area contributed by atoms with Gasteiger partial charge in [-0.05, 0) is 54.4 Å². The Bertz CT molecular complexity index is 1450. The topological polar surface area (TPSA) is 96.4 Å². The molecule has 0 bridgehead atoms. The second kappa shape index (κ2) is 11.7. The molecule has 0 saturated carbocycles. The van der Waals surface area contributed by atoms with Gasteiger partial charge in [-0.3, -0.25) is 4.79 Å². The first-order valence-corrected chi connectivity index (χ1v) is 14.1.